The van der Waals surface area contributed by atoms with E-state index < -0.39 is 24.7 Å². The minimum atomic E-state index is -2.19. The van der Waals surface area contributed by atoms with Crippen LogP contribution in [0.5, 0.6) is 0 Å². The van der Waals surface area contributed by atoms with Crippen LogP contribution in [0.3, 0.4) is 0 Å². The Bertz CT molecular complexity index is 308. The van der Waals surface area contributed by atoms with E-state index in [9.17, 15) is 5.11 Å². The van der Waals surface area contributed by atoms with E-state index in [4.69, 9.17) is 4.74 Å². The Morgan fingerprint density at radius 1 is 1.05 bits per heavy atom. The Morgan fingerprint density at radius 3 is 1.91 bits per heavy atom. The molecule has 0 aromatic rings. The number of rotatable bonds is 11. The molecule has 0 spiro atoms. The van der Waals surface area contributed by atoms with Crippen LogP contribution < -0.4 is 0 Å². The summed E-state index contributed by atoms with van der Waals surface area (Å²) in [6, 6.07) is 0. The summed E-state index contributed by atoms with van der Waals surface area (Å²) in [5.74, 6) is 0. The number of aliphatic hydroxyl groups excluding tert-OH is 1. The Hall–Kier alpha value is 0.459. The molecule has 1 aliphatic heterocycles. The van der Waals surface area contributed by atoms with Gasteiger partial charge >= 0.3 is 143 Å². The number of aliphatic hydroxyl groups is 1. The topological polar surface area (TPSA) is 29.5 Å². The second-order valence-corrected chi connectivity index (χ2v) is 20.4. The second-order valence-electron chi connectivity index (χ2n) is 7.43. The number of ether oxygens (including phenoxy) is 1. The second kappa shape index (κ2) is 10.3. The van der Waals surface area contributed by atoms with Gasteiger partial charge in [-0.15, -0.1) is 0 Å². The van der Waals surface area contributed by atoms with E-state index in [1.54, 1.807) is 0 Å². The van der Waals surface area contributed by atoms with Crippen LogP contribution >= 0.6 is 0 Å². The summed E-state index contributed by atoms with van der Waals surface area (Å²) in [5, 5.41) is 9.68. The van der Waals surface area contributed by atoms with Crippen molar-refractivity contribution in [2.45, 2.75) is 104 Å². The normalized spacial score (nSPS) is 26.1. The van der Waals surface area contributed by atoms with Gasteiger partial charge in [-0.3, -0.25) is 0 Å². The molecule has 1 saturated heterocycles. The van der Waals surface area contributed by atoms with Crippen molar-refractivity contribution < 1.29 is 9.84 Å². The predicted octanol–water partition coefficient (Wildman–Crippen LogP) is 5.82. The van der Waals surface area contributed by atoms with Gasteiger partial charge in [0.2, 0.25) is 0 Å². The van der Waals surface area contributed by atoms with Gasteiger partial charge in [0.15, 0.2) is 0 Å². The number of unbranched alkanes of at least 4 members (excludes halogenated alkanes) is 3. The van der Waals surface area contributed by atoms with E-state index in [0.29, 0.717) is 0 Å². The fourth-order valence-electron chi connectivity index (χ4n) is 3.53. The van der Waals surface area contributed by atoms with Gasteiger partial charge < -0.3 is 0 Å². The molecule has 1 N–H and O–H groups in total. The van der Waals surface area contributed by atoms with E-state index in [2.05, 4.69) is 37.9 Å². The van der Waals surface area contributed by atoms with E-state index in [-0.39, 0.29) is 5.60 Å². The first kappa shape index (κ1) is 20.5. The van der Waals surface area contributed by atoms with Crippen LogP contribution in [0.4, 0.5) is 0 Å². The molecule has 1 heterocycles. The van der Waals surface area contributed by atoms with Crippen molar-refractivity contribution >= 4 is 18.4 Å². The van der Waals surface area contributed by atoms with E-state index >= 15 is 0 Å². The van der Waals surface area contributed by atoms with Crippen LogP contribution in [-0.4, -0.2) is 35.4 Å². The van der Waals surface area contributed by atoms with Crippen molar-refractivity contribution in [1.29, 1.82) is 0 Å². The average molecular weight is 417 g/mol. The first-order chi connectivity index (χ1) is 10.5. The molecular formula is C19H38O2Sn. The van der Waals surface area contributed by atoms with Crippen LogP contribution in [0.1, 0.15) is 79.1 Å². The van der Waals surface area contributed by atoms with Gasteiger partial charge in [-0.05, 0) is 0 Å². The number of hydrogen-bond donors (Lipinski definition) is 1. The van der Waals surface area contributed by atoms with Crippen molar-refractivity contribution in [3.8, 4) is 0 Å². The van der Waals surface area contributed by atoms with Gasteiger partial charge in [0.1, 0.15) is 0 Å². The van der Waals surface area contributed by atoms with Crippen molar-refractivity contribution in [1.82, 2.24) is 0 Å². The summed E-state index contributed by atoms with van der Waals surface area (Å²) < 4.78 is 12.9. The van der Waals surface area contributed by atoms with Crippen LogP contribution in [-0.2, 0) is 4.74 Å². The molecule has 0 radical (unpaired) electrons. The van der Waals surface area contributed by atoms with Gasteiger partial charge in [0.25, 0.3) is 0 Å². The molecule has 1 fully saturated rings. The Kier molecular flexibility index (Phi) is 9.65. The minimum absolute atomic E-state index is 0.216. The molecule has 0 bridgehead atoms. The zero-order valence-corrected chi connectivity index (χ0v) is 18.2. The van der Waals surface area contributed by atoms with Gasteiger partial charge in [-0.25, -0.2) is 0 Å². The Labute approximate surface area is 142 Å². The molecule has 0 amide bonds. The predicted molar refractivity (Wildman–Crippen MR) is 98.8 cm³/mol. The standard InChI is InChI=1S/C7H11O2.3C4H9.Sn/c1-3-7(2)5-4-6(8)9-7;3*1-3-4-2;/h1,3,6,8H,4-5H2,2H3;3*1,3-4H2,2H3;/t6?,7-;;;;/m0..../s1. The fourth-order valence-corrected chi connectivity index (χ4v) is 18.2. The van der Waals surface area contributed by atoms with Crippen LogP contribution in [0.2, 0.25) is 13.3 Å². The van der Waals surface area contributed by atoms with Gasteiger partial charge in [0.05, 0.1) is 0 Å². The summed E-state index contributed by atoms with van der Waals surface area (Å²) >= 11 is -2.19. The molecule has 0 saturated carbocycles. The molecule has 2 nitrogen and oxygen atoms in total. The van der Waals surface area contributed by atoms with Crippen LogP contribution in [0, 0.1) is 0 Å². The molecule has 0 aliphatic carbocycles. The zero-order valence-electron chi connectivity index (χ0n) is 15.4. The van der Waals surface area contributed by atoms with E-state index in [1.165, 1.54) is 51.8 Å². The first-order valence-electron chi connectivity index (χ1n) is 9.55. The molecule has 3 heteroatoms. The molecule has 0 aromatic heterocycles. The summed E-state index contributed by atoms with van der Waals surface area (Å²) in [7, 11) is 0. The van der Waals surface area contributed by atoms with Crippen molar-refractivity contribution in [3.05, 3.63) is 10.2 Å². The molecule has 1 rings (SSSR count). The maximum atomic E-state index is 9.68. The third kappa shape index (κ3) is 6.92. The van der Waals surface area contributed by atoms with Crippen LogP contribution in [0.15, 0.2) is 10.2 Å². The molecule has 0 aromatic carbocycles. The van der Waals surface area contributed by atoms with Gasteiger partial charge in [-0.2, -0.15) is 0 Å². The van der Waals surface area contributed by atoms with E-state index in [0.717, 1.165) is 12.8 Å². The molecule has 130 valence electrons. The quantitative estimate of drug-likeness (QED) is 0.430. The monoisotopic (exact) mass is 418 g/mol. The third-order valence-electron chi connectivity index (χ3n) is 5.17. The first-order valence-corrected chi connectivity index (χ1v) is 17.3. The van der Waals surface area contributed by atoms with Crippen LogP contribution in [0.25, 0.3) is 0 Å². The summed E-state index contributed by atoms with van der Waals surface area (Å²) in [4.78, 5) is 0. The third-order valence-corrected chi connectivity index (χ3v) is 19.2. The average Bonchev–Trinajstić information content (AvgIpc) is 2.86. The SMILES string of the molecule is CCC[CH2][Sn](/[CH]=C/[C@@]1(C)CCC(O)O1)([CH2]CCC)[CH2]CCC. The van der Waals surface area contributed by atoms with Crippen molar-refractivity contribution in [2.75, 3.05) is 0 Å². The summed E-state index contributed by atoms with van der Waals surface area (Å²) in [5.41, 5.74) is -0.216. The maximum absolute atomic E-state index is 9.68. The van der Waals surface area contributed by atoms with Gasteiger partial charge in [0, 0.05) is 0 Å². The molecule has 2 atom stereocenters. The fraction of sp³-hybridized carbons (Fsp3) is 0.895. The number of hydrogen-bond acceptors (Lipinski definition) is 2. The Balaban J connectivity index is 2.84. The molecule has 1 aliphatic rings. The molecular weight excluding hydrogens is 379 g/mol. The van der Waals surface area contributed by atoms with Gasteiger partial charge in [-0.1, -0.05) is 0 Å². The summed E-state index contributed by atoms with van der Waals surface area (Å²) in [6.07, 6.45) is 11.7. The van der Waals surface area contributed by atoms with E-state index in [1.807, 2.05) is 0 Å². The summed E-state index contributed by atoms with van der Waals surface area (Å²) in [6.45, 7) is 9.10. The molecule has 22 heavy (non-hydrogen) atoms. The Morgan fingerprint density at radius 2 is 1.55 bits per heavy atom. The molecule has 1 unspecified atom stereocenters. The van der Waals surface area contributed by atoms with Crippen molar-refractivity contribution in [2.24, 2.45) is 0 Å². The van der Waals surface area contributed by atoms with Crippen molar-refractivity contribution in [3.63, 3.8) is 0 Å². The zero-order chi connectivity index (χ0) is 16.5.